The van der Waals surface area contributed by atoms with Crippen molar-refractivity contribution in [3.05, 3.63) is 47.6 Å². The van der Waals surface area contributed by atoms with E-state index in [0.717, 1.165) is 0 Å². The van der Waals surface area contributed by atoms with E-state index in [1.165, 1.54) is 31.5 Å². The Morgan fingerprint density at radius 1 is 1.21 bits per heavy atom. The van der Waals surface area contributed by atoms with E-state index in [2.05, 4.69) is 14.7 Å². The third-order valence-electron chi connectivity index (χ3n) is 3.24. The van der Waals surface area contributed by atoms with Crippen LogP contribution in [0.3, 0.4) is 0 Å². The first-order chi connectivity index (χ1) is 11.4. The Hall–Kier alpha value is -2.58. The predicted octanol–water partition coefficient (Wildman–Crippen LogP) is 2.67. The Morgan fingerprint density at radius 3 is 2.75 bits per heavy atom. The number of nitrogens with two attached hydrogens (primary N) is 1. The minimum atomic E-state index is -3.93. The summed E-state index contributed by atoms with van der Waals surface area (Å²) in [5.41, 5.74) is 6.60. The topological polar surface area (TPSA) is 107 Å². The molecule has 0 spiro atoms. The van der Waals surface area contributed by atoms with Crippen LogP contribution >= 0.6 is 11.6 Å². The van der Waals surface area contributed by atoms with Crippen molar-refractivity contribution in [3.8, 4) is 5.75 Å². The van der Waals surface area contributed by atoms with Gasteiger partial charge in [-0.15, -0.1) is 0 Å². The zero-order chi connectivity index (χ0) is 17.3. The molecule has 3 rings (SSSR count). The van der Waals surface area contributed by atoms with Gasteiger partial charge < -0.3 is 10.5 Å². The Balaban J connectivity index is 1.99. The summed E-state index contributed by atoms with van der Waals surface area (Å²) < 4.78 is 32.5. The van der Waals surface area contributed by atoms with Crippen molar-refractivity contribution in [2.45, 2.75) is 4.90 Å². The molecule has 0 aliphatic carbocycles. The van der Waals surface area contributed by atoms with E-state index in [9.17, 15) is 8.42 Å². The van der Waals surface area contributed by atoms with Crippen LogP contribution in [0.25, 0.3) is 10.9 Å². The highest BCUT2D eigenvalue weighted by molar-refractivity contribution is 7.92. The molecule has 0 saturated heterocycles. The van der Waals surface area contributed by atoms with Crippen LogP contribution in [-0.2, 0) is 10.0 Å². The number of nitrogen functional groups attached to an aromatic ring is 1. The molecule has 1 heterocycles. The number of hydrogen-bond donors (Lipinski definition) is 2. The molecule has 3 N–H and O–H groups in total. The Morgan fingerprint density at radius 2 is 2.00 bits per heavy atom. The van der Waals surface area contributed by atoms with Crippen LogP contribution in [0.4, 0.5) is 11.6 Å². The number of anilines is 2. The summed E-state index contributed by atoms with van der Waals surface area (Å²) in [6.07, 6.45) is 1.49. The fraction of sp³-hybridized carbons (Fsp3) is 0.0667. The summed E-state index contributed by atoms with van der Waals surface area (Å²) >= 11 is 5.90. The molecule has 2 aromatic carbocycles. The van der Waals surface area contributed by atoms with Crippen LogP contribution in [0.5, 0.6) is 5.75 Å². The second-order valence-electron chi connectivity index (χ2n) is 4.91. The molecule has 24 heavy (non-hydrogen) atoms. The normalized spacial score (nSPS) is 11.4. The number of aromatic nitrogens is 2. The van der Waals surface area contributed by atoms with Crippen LogP contribution in [0.1, 0.15) is 0 Å². The first kappa shape index (κ1) is 16.3. The van der Waals surface area contributed by atoms with Crippen molar-refractivity contribution >= 4 is 44.2 Å². The van der Waals surface area contributed by atoms with E-state index >= 15 is 0 Å². The number of benzene rings is 2. The number of fused-ring (bicyclic) bond motifs is 1. The van der Waals surface area contributed by atoms with Crippen LogP contribution in [-0.4, -0.2) is 25.5 Å². The van der Waals surface area contributed by atoms with Crippen LogP contribution < -0.4 is 15.2 Å². The van der Waals surface area contributed by atoms with Crippen molar-refractivity contribution < 1.29 is 13.2 Å². The molecule has 0 fully saturated rings. The highest BCUT2D eigenvalue weighted by Crippen LogP contribution is 2.27. The number of halogens is 1. The fourth-order valence-corrected chi connectivity index (χ4v) is 3.42. The largest absolute Gasteiger partial charge is 0.495 e. The van der Waals surface area contributed by atoms with E-state index in [0.29, 0.717) is 21.6 Å². The lowest BCUT2D eigenvalue weighted by molar-refractivity contribution is 0.403. The SMILES string of the molecule is COc1cc(N)ccc1S(=O)(=O)Nc1ncc2cc(Cl)ccc2n1. The summed E-state index contributed by atoms with van der Waals surface area (Å²) in [5.74, 6) is 0.0822. The van der Waals surface area contributed by atoms with Gasteiger partial charge in [0.05, 0.1) is 12.6 Å². The van der Waals surface area contributed by atoms with E-state index in [-0.39, 0.29) is 16.6 Å². The number of ether oxygens (including phenoxy) is 1. The zero-order valence-corrected chi connectivity index (χ0v) is 14.1. The lowest BCUT2D eigenvalue weighted by Crippen LogP contribution is -2.16. The minimum Gasteiger partial charge on any atom is -0.495 e. The number of rotatable bonds is 4. The summed E-state index contributed by atoms with van der Waals surface area (Å²) in [7, 11) is -2.57. The van der Waals surface area contributed by atoms with Gasteiger partial charge in [-0.1, -0.05) is 11.6 Å². The smallest absolute Gasteiger partial charge is 0.267 e. The maximum atomic E-state index is 12.5. The van der Waals surface area contributed by atoms with Crippen molar-refractivity contribution in [1.29, 1.82) is 0 Å². The number of methoxy groups -OCH3 is 1. The van der Waals surface area contributed by atoms with Gasteiger partial charge in [0.2, 0.25) is 5.95 Å². The first-order valence-corrected chi connectivity index (χ1v) is 8.64. The Labute approximate surface area is 143 Å². The van der Waals surface area contributed by atoms with Gasteiger partial charge in [0.1, 0.15) is 10.6 Å². The average molecular weight is 365 g/mol. The van der Waals surface area contributed by atoms with Crippen LogP contribution in [0.2, 0.25) is 5.02 Å². The zero-order valence-electron chi connectivity index (χ0n) is 12.5. The Kier molecular flexibility index (Phi) is 4.16. The van der Waals surface area contributed by atoms with Gasteiger partial charge in [-0.3, -0.25) is 0 Å². The monoisotopic (exact) mass is 364 g/mol. The summed E-state index contributed by atoms with van der Waals surface area (Å²) in [6.45, 7) is 0. The molecule has 3 aromatic rings. The predicted molar refractivity (Wildman–Crippen MR) is 92.8 cm³/mol. The standard InChI is InChI=1S/C15H13ClN4O3S/c1-23-13-7-11(17)3-5-14(13)24(21,22)20-15-18-8-9-6-10(16)2-4-12(9)19-15/h2-8H,17H2,1H3,(H,18,19,20). The van der Waals surface area contributed by atoms with Gasteiger partial charge in [-0.25, -0.2) is 23.1 Å². The molecule has 0 radical (unpaired) electrons. The lowest BCUT2D eigenvalue weighted by atomic mass is 10.2. The highest BCUT2D eigenvalue weighted by Gasteiger charge is 2.21. The molecule has 0 aliphatic heterocycles. The number of nitrogens with zero attached hydrogens (tertiary/aromatic N) is 2. The van der Waals surface area contributed by atoms with Gasteiger partial charge in [0, 0.05) is 28.4 Å². The van der Waals surface area contributed by atoms with Crippen LogP contribution in [0, 0.1) is 0 Å². The third-order valence-corrected chi connectivity index (χ3v) is 4.85. The molecule has 0 bridgehead atoms. The number of hydrogen-bond acceptors (Lipinski definition) is 6. The molecule has 0 amide bonds. The molecular formula is C15H13ClN4O3S. The van der Waals surface area contributed by atoms with Gasteiger partial charge >= 0.3 is 0 Å². The Bertz CT molecular complexity index is 1020. The molecule has 0 unspecified atom stereocenters. The van der Waals surface area contributed by atoms with E-state index < -0.39 is 10.0 Å². The summed E-state index contributed by atoms with van der Waals surface area (Å²) in [6, 6.07) is 9.30. The number of nitrogens with one attached hydrogen (secondary N) is 1. The van der Waals surface area contributed by atoms with Crippen molar-refractivity contribution in [1.82, 2.24) is 9.97 Å². The molecule has 1 aromatic heterocycles. The maximum Gasteiger partial charge on any atom is 0.267 e. The minimum absolute atomic E-state index is 0.0521. The molecule has 9 heteroatoms. The third kappa shape index (κ3) is 3.19. The second kappa shape index (κ2) is 6.14. The van der Waals surface area contributed by atoms with Crippen LogP contribution in [0.15, 0.2) is 47.5 Å². The van der Waals surface area contributed by atoms with E-state index in [1.54, 1.807) is 18.2 Å². The fourth-order valence-electron chi connectivity index (χ4n) is 2.13. The first-order valence-electron chi connectivity index (χ1n) is 6.78. The van der Waals surface area contributed by atoms with E-state index in [1.807, 2.05) is 0 Å². The lowest BCUT2D eigenvalue weighted by Gasteiger charge is -2.11. The van der Waals surface area contributed by atoms with Crippen molar-refractivity contribution in [3.63, 3.8) is 0 Å². The second-order valence-corrected chi connectivity index (χ2v) is 7.00. The highest BCUT2D eigenvalue weighted by atomic mass is 35.5. The maximum absolute atomic E-state index is 12.5. The number of sulfonamides is 1. The summed E-state index contributed by atoms with van der Waals surface area (Å²) in [5, 5.41) is 1.25. The van der Waals surface area contributed by atoms with Crippen molar-refractivity contribution in [2.75, 3.05) is 17.6 Å². The summed E-state index contributed by atoms with van der Waals surface area (Å²) in [4.78, 5) is 8.12. The quantitative estimate of drug-likeness (QED) is 0.689. The average Bonchev–Trinajstić information content (AvgIpc) is 2.54. The molecular weight excluding hydrogens is 352 g/mol. The van der Waals surface area contributed by atoms with Gasteiger partial charge in [0.25, 0.3) is 10.0 Å². The van der Waals surface area contributed by atoms with Gasteiger partial charge in [-0.2, -0.15) is 0 Å². The molecule has 0 atom stereocenters. The molecule has 0 saturated carbocycles. The molecule has 0 aliphatic rings. The molecule has 7 nitrogen and oxygen atoms in total. The van der Waals surface area contributed by atoms with Gasteiger partial charge in [0.15, 0.2) is 0 Å². The molecule has 124 valence electrons. The van der Waals surface area contributed by atoms with Gasteiger partial charge in [-0.05, 0) is 30.3 Å². The van der Waals surface area contributed by atoms with E-state index in [4.69, 9.17) is 22.1 Å². The van der Waals surface area contributed by atoms with Crippen molar-refractivity contribution in [2.24, 2.45) is 0 Å².